The molecule has 0 spiro atoms. The molecule has 64 valence electrons. The number of pyridine rings is 1. The third-order valence-electron chi connectivity index (χ3n) is 1.11. The topological polar surface area (TPSA) is 73.1 Å². The van der Waals surface area contributed by atoms with E-state index < -0.39 is 14.3 Å². The standard InChI is InChI=1S/C5H3N2O3S2/c8-7(9)4-2-1-3-6-5(4)12(10)11/h1-3H/q-1. The van der Waals surface area contributed by atoms with Gasteiger partial charge in [-0.2, -0.15) is 9.36 Å². The molecule has 0 aliphatic rings. The van der Waals surface area contributed by atoms with Gasteiger partial charge in [-0.1, -0.05) is 0 Å². The lowest BCUT2D eigenvalue weighted by Crippen LogP contribution is -1.94. The average Bonchev–Trinajstić information content (AvgIpc) is 2.04. The highest BCUT2D eigenvalue weighted by atomic mass is 32.8. The maximum absolute atomic E-state index is 10.7. The smallest absolute Gasteiger partial charge is 0.272 e. The number of hydrogen-bond donors (Lipinski definition) is 0. The largest absolute Gasteiger partial charge is 0.445 e. The van der Waals surface area contributed by atoms with Crippen molar-refractivity contribution < 1.29 is 9.13 Å². The van der Waals surface area contributed by atoms with E-state index in [-0.39, 0.29) is 10.7 Å². The molecule has 7 heteroatoms. The first-order valence-electron chi connectivity index (χ1n) is 2.81. The Kier molecular flexibility index (Phi) is 2.66. The van der Waals surface area contributed by atoms with E-state index in [0.717, 1.165) is 0 Å². The molecule has 0 N–H and O–H groups in total. The number of hydrogen-bond acceptors (Lipinski definition) is 6. The molecule has 0 saturated carbocycles. The second-order valence-electron chi connectivity index (χ2n) is 1.82. The summed E-state index contributed by atoms with van der Waals surface area (Å²) in [6.45, 7) is 0. The van der Waals surface area contributed by atoms with Crippen molar-refractivity contribution in [2.45, 2.75) is 5.03 Å². The van der Waals surface area contributed by atoms with Crippen LogP contribution in [0.3, 0.4) is 0 Å². The molecule has 0 atom stereocenters. The molecule has 0 aliphatic carbocycles. The predicted molar refractivity (Wildman–Crippen MR) is 44.6 cm³/mol. The van der Waals surface area contributed by atoms with Gasteiger partial charge in [-0.05, 0) is 6.07 Å². The van der Waals surface area contributed by atoms with Crippen molar-refractivity contribution in [2.24, 2.45) is 0 Å². The van der Waals surface area contributed by atoms with Gasteiger partial charge in [0.25, 0.3) is 5.69 Å². The lowest BCUT2D eigenvalue weighted by atomic mass is 10.4. The summed E-state index contributed by atoms with van der Waals surface area (Å²) in [5, 5.41) is 10.1. The number of nitrogens with zero attached hydrogens (tertiary/aromatic N) is 2. The van der Waals surface area contributed by atoms with Gasteiger partial charge in [0.1, 0.15) is 0 Å². The molecule has 0 unspecified atom stereocenters. The Bertz CT molecular complexity index is 380. The van der Waals surface area contributed by atoms with Crippen LogP contribution >= 0.6 is 0 Å². The van der Waals surface area contributed by atoms with E-state index >= 15 is 0 Å². The Labute approximate surface area is 74.3 Å². The number of aromatic nitrogens is 1. The van der Waals surface area contributed by atoms with Gasteiger partial charge in [-0.3, -0.25) is 15.1 Å². The summed E-state index contributed by atoms with van der Waals surface area (Å²) in [5.41, 5.74) is -0.300. The van der Waals surface area contributed by atoms with Gasteiger partial charge in [0.2, 0.25) is 0 Å². The zero-order valence-corrected chi connectivity index (χ0v) is 7.30. The van der Waals surface area contributed by atoms with E-state index in [0.29, 0.717) is 0 Å². The van der Waals surface area contributed by atoms with Crippen LogP contribution in [0.15, 0.2) is 23.4 Å². The summed E-state index contributed by atoms with van der Waals surface area (Å²) in [6.07, 6.45) is 1.31. The first kappa shape index (κ1) is 9.01. The second kappa shape index (κ2) is 3.55. The Morgan fingerprint density at radius 2 is 2.33 bits per heavy atom. The van der Waals surface area contributed by atoms with Gasteiger partial charge >= 0.3 is 0 Å². The Hall–Kier alpha value is -1.08. The van der Waals surface area contributed by atoms with Gasteiger partial charge in [0, 0.05) is 12.3 Å². The van der Waals surface area contributed by atoms with Crippen LogP contribution in [0.4, 0.5) is 5.69 Å². The van der Waals surface area contributed by atoms with E-state index in [1.165, 1.54) is 18.3 Å². The fourth-order valence-corrected chi connectivity index (χ4v) is 1.50. The summed E-state index contributed by atoms with van der Waals surface area (Å²) in [4.78, 5) is 13.2. The van der Waals surface area contributed by atoms with Crippen molar-refractivity contribution in [3.63, 3.8) is 0 Å². The summed E-state index contributed by atoms with van der Waals surface area (Å²) in [5.74, 6) is 0. The molecule has 0 amide bonds. The molecule has 0 bridgehead atoms. The van der Waals surface area contributed by atoms with Crippen molar-refractivity contribution in [3.05, 3.63) is 28.4 Å². The highest BCUT2D eigenvalue weighted by Crippen LogP contribution is 2.15. The van der Waals surface area contributed by atoms with Crippen LogP contribution in [0.2, 0.25) is 0 Å². The molecule has 0 aliphatic heterocycles. The second-order valence-corrected chi connectivity index (χ2v) is 3.58. The highest BCUT2D eigenvalue weighted by molar-refractivity contribution is 8.21. The maximum atomic E-state index is 10.7. The fourth-order valence-electron chi connectivity index (χ4n) is 0.650. The minimum Gasteiger partial charge on any atom is -0.445 e. The molecule has 0 saturated heterocycles. The van der Waals surface area contributed by atoms with Gasteiger partial charge in [-0.15, -0.1) is 0 Å². The first-order chi connectivity index (χ1) is 5.63. The van der Waals surface area contributed by atoms with Crippen LogP contribution in [0, 0.1) is 10.1 Å². The quantitative estimate of drug-likeness (QED) is 0.403. The predicted octanol–water partition coefficient (Wildman–Crippen LogP) is 0.774. The molecular formula is C5H3N2O3S2-. The monoisotopic (exact) mass is 203 g/mol. The maximum Gasteiger partial charge on any atom is 0.272 e. The lowest BCUT2D eigenvalue weighted by Gasteiger charge is -2.00. The Balaban J connectivity index is 3.36. The van der Waals surface area contributed by atoms with E-state index in [4.69, 9.17) is 0 Å². The lowest BCUT2D eigenvalue weighted by molar-refractivity contribution is -0.388. The minimum atomic E-state index is -1.83. The van der Waals surface area contributed by atoms with Gasteiger partial charge < -0.3 is 4.21 Å². The van der Waals surface area contributed by atoms with Gasteiger partial charge in [0.05, 0.1) is 9.95 Å². The van der Waals surface area contributed by atoms with Crippen LogP contribution in [-0.4, -0.2) is 9.91 Å². The van der Waals surface area contributed by atoms with Crippen molar-refractivity contribution in [1.29, 1.82) is 0 Å². The molecular weight excluding hydrogens is 200 g/mol. The molecule has 1 aromatic rings. The van der Waals surface area contributed by atoms with E-state index in [2.05, 4.69) is 16.2 Å². The third kappa shape index (κ3) is 1.74. The summed E-state index contributed by atoms with van der Waals surface area (Å²) in [6, 6.07) is 2.61. The van der Waals surface area contributed by atoms with Gasteiger partial charge in [-0.25, -0.2) is 11.2 Å². The summed E-state index contributed by atoms with van der Waals surface area (Å²) in [7, 11) is -1.83. The fraction of sp³-hybridized carbons (Fsp3) is 0. The van der Waals surface area contributed by atoms with Crippen LogP contribution in [0.5, 0.6) is 0 Å². The van der Waals surface area contributed by atoms with Crippen LogP contribution in [-0.2, 0) is 24.8 Å². The van der Waals surface area contributed by atoms with Crippen molar-refractivity contribution in [1.82, 2.24) is 4.98 Å². The SMILES string of the molecule is O=[N+]([O-])c1cccnc1[S-](=O)=S. The van der Waals surface area contributed by atoms with E-state index in [1.54, 1.807) is 0 Å². The molecule has 5 nitrogen and oxygen atoms in total. The zero-order chi connectivity index (χ0) is 9.14. The Morgan fingerprint density at radius 3 is 2.75 bits per heavy atom. The van der Waals surface area contributed by atoms with Crippen molar-refractivity contribution in [2.75, 3.05) is 0 Å². The van der Waals surface area contributed by atoms with Gasteiger partial charge in [0.15, 0.2) is 0 Å². The molecule has 0 fully saturated rings. The molecule has 0 radical (unpaired) electrons. The number of nitro groups is 1. The van der Waals surface area contributed by atoms with Crippen molar-refractivity contribution in [3.8, 4) is 0 Å². The molecule has 1 heterocycles. The third-order valence-corrected chi connectivity index (χ3v) is 2.21. The molecule has 1 aromatic heterocycles. The summed E-state index contributed by atoms with van der Waals surface area (Å²) < 4.78 is 10.7. The normalized spacial score (nSPS) is 10.1. The van der Waals surface area contributed by atoms with Crippen molar-refractivity contribution >= 4 is 26.2 Å². The molecule has 0 aromatic carbocycles. The summed E-state index contributed by atoms with van der Waals surface area (Å²) >= 11 is 4.36. The highest BCUT2D eigenvalue weighted by Gasteiger charge is 2.07. The average molecular weight is 203 g/mol. The first-order valence-corrected chi connectivity index (χ1v) is 4.89. The van der Waals surface area contributed by atoms with Crippen LogP contribution in [0.1, 0.15) is 0 Å². The van der Waals surface area contributed by atoms with E-state index in [9.17, 15) is 14.3 Å². The zero-order valence-electron chi connectivity index (χ0n) is 5.67. The molecule has 12 heavy (non-hydrogen) atoms. The van der Waals surface area contributed by atoms with E-state index in [1.807, 2.05) is 0 Å². The number of rotatable bonds is 2. The van der Waals surface area contributed by atoms with Crippen LogP contribution < -0.4 is 0 Å². The molecule has 1 rings (SSSR count). The minimum absolute atomic E-state index is 0.169. The Morgan fingerprint density at radius 1 is 1.67 bits per heavy atom. The van der Waals surface area contributed by atoms with Crippen LogP contribution in [0.25, 0.3) is 0 Å².